The molecule has 0 saturated carbocycles. The van der Waals surface area contributed by atoms with Crippen molar-refractivity contribution in [3.63, 3.8) is 0 Å². The summed E-state index contributed by atoms with van der Waals surface area (Å²) in [6.45, 7) is 7.10. The molecule has 0 N–H and O–H groups in total. The van der Waals surface area contributed by atoms with Crippen LogP contribution in [-0.4, -0.2) is 17.0 Å². The third kappa shape index (κ3) is 2.95. The van der Waals surface area contributed by atoms with Crippen LogP contribution < -0.4 is 0 Å². The summed E-state index contributed by atoms with van der Waals surface area (Å²) in [5.41, 5.74) is 1.96. The summed E-state index contributed by atoms with van der Waals surface area (Å²) >= 11 is 0. The second-order valence-corrected chi connectivity index (χ2v) is 5.69. The first-order valence-electron chi connectivity index (χ1n) is 7.60. The minimum atomic E-state index is 0.492. The van der Waals surface area contributed by atoms with Gasteiger partial charge in [0.25, 0.3) is 0 Å². The molecule has 1 aromatic rings. The van der Waals surface area contributed by atoms with Crippen molar-refractivity contribution in [1.29, 1.82) is 0 Å². The molecule has 0 radical (unpaired) electrons. The van der Waals surface area contributed by atoms with Gasteiger partial charge < -0.3 is 0 Å². The summed E-state index contributed by atoms with van der Waals surface area (Å²) in [5, 5.41) is 0. The zero-order valence-electron chi connectivity index (χ0n) is 12.0. The zero-order valence-corrected chi connectivity index (χ0v) is 12.0. The molecule has 1 heteroatoms. The maximum absolute atomic E-state index is 2.75. The molecule has 1 fully saturated rings. The van der Waals surface area contributed by atoms with E-state index in [-0.39, 0.29) is 0 Å². The van der Waals surface area contributed by atoms with Gasteiger partial charge in [-0.25, -0.2) is 0 Å². The van der Waals surface area contributed by atoms with Crippen molar-refractivity contribution in [3.8, 4) is 0 Å². The quantitative estimate of drug-likeness (QED) is 0.707. The molecule has 2 rings (SSSR count). The minimum absolute atomic E-state index is 0.492. The number of hydrogen-bond donors (Lipinski definition) is 0. The molecule has 1 nitrogen and oxygen atoms in total. The lowest BCUT2D eigenvalue weighted by Crippen LogP contribution is -2.42. The van der Waals surface area contributed by atoms with E-state index in [2.05, 4.69) is 49.1 Å². The first-order chi connectivity index (χ1) is 8.80. The van der Waals surface area contributed by atoms with Gasteiger partial charge in [-0.05, 0) is 37.8 Å². The lowest BCUT2D eigenvalue weighted by Gasteiger charge is -2.38. The van der Waals surface area contributed by atoms with Gasteiger partial charge in [0.15, 0.2) is 0 Å². The third-order valence-electron chi connectivity index (χ3n) is 4.61. The van der Waals surface area contributed by atoms with E-state index in [1.807, 2.05) is 0 Å². The monoisotopic (exact) mass is 245 g/mol. The van der Waals surface area contributed by atoms with Crippen LogP contribution in [0.4, 0.5) is 0 Å². The van der Waals surface area contributed by atoms with E-state index in [1.54, 1.807) is 0 Å². The fourth-order valence-electron chi connectivity index (χ4n) is 3.41. The zero-order chi connectivity index (χ0) is 12.8. The molecule has 0 spiro atoms. The molecular weight excluding hydrogens is 218 g/mol. The summed E-state index contributed by atoms with van der Waals surface area (Å²) in [6, 6.07) is 10.9. The summed E-state index contributed by atoms with van der Waals surface area (Å²) in [4.78, 5) is 2.75. The largest absolute Gasteiger partial charge is 0.293 e. The van der Waals surface area contributed by atoms with Crippen LogP contribution in [0.2, 0.25) is 0 Å². The smallest absolute Gasteiger partial charge is 0.0239 e. The predicted octanol–water partition coefficient (Wildman–Crippen LogP) is 4.62. The Morgan fingerprint density at radius 2 is 1.94 bits per heavy atom. The van der Waals surface area contributed by atoms with Crippen LogP contribution in [-0.2, 0) is 6.54 Å². The van der Waals surface area contributed by atoms with Gasteiger partial charge >= 0.3 is 0 Å². The van der Waals surface area contributed by atoms with Gasteiger partial charge in [0.05, 0.1) is 0 Å². The van der Waals surface area contributed by atoms with E-state index in [4.69, 9.17) is 0 Å². The van der Waals surface area contributed by atoms with Crippen molar-refractivity contribution in [2.45, 2.75) is 64.5 Å². The van der Waals surface area contributed by atoms with Gasteiger partial charge in [-0.2, -0.15) is 0 Å². The molecule has 100 valence electrons. The molecule has 1 aliphatic heterocycles. The van der Waals surface area contributed by atoms with Crippen molar-refractivity contribution in [2.24, 2.45) is 0 Å². The molecule has 0 bridgehead atoms. The standard InChI is InChI=1S/C17H27N/c1-3-5-12-17(4-2)13-9-14-18(17)15-16-10-7-6-8-11-16/h6-8,10-11H,3-5,9,12-15H2,1-2H3. The molecule has 0 aliphatic carbocycles. The Morgan fingerprint density at radius 1 is 1.17 bits per heavy atom. The lowest BCUT2D eigenvalue weighted by molar-refractivity contribution is 0.111. The van der Waals surface area contributed by atoms with Gasteiger partial charge in [-0.15, -0.1) is 0 Å². The highest BCUT2D eigenvalue weighted by Gasteiger charge is 2.38. The van der Waals surface area contributed by atoms with Crippen molar-refractivity contribution in [3.05, 3.63) is 35.9 Å². The van der Waals surface area contributed by atoms with Crippen LogP contribution in [0.15, 0.2) is 30.3 Å². The van der Waals surface area contributed by atoms with E-state index < -0.39 is 0 Å². The number of hydrogen-bond acceptors (Lipinski definition) is 1. The first kappa shape index (κ1) is 13.6. The number of nitrogens with zero attached hydrogens (tertiary/aromatic N) is 1. The van der Waals surface area contributed by atoms with Crippen molar-refractivity contribution < 1.29 is 0 Å². The molecule has 0 amide bonds. The molecule has 18 heavy (non-hydrogen) atoms. The molecule has 1 atom stereocenters. The summed E-state index contributed by atoms with van der Waals surface area (Å²) < 4.78 is 0. The molecule has 0 aromatic heterocycles. The molecule has 1 aromatic carbocycles. The third-order valence-corrected chi connectivity index (χ3v) is 4.61. The van der Waals surface area contributed by atoms with E-state index in [9.17, 15) is 0 Å². The SMILES string of the molecule is CCCCC1(CC)CCCN1Cc1ccccc1. The molecule has 1 heterocycles. The van der Waals surface area contributed by atoms with E-state index in [0.29, 0.717) is 5.54 Å². The van der Waals surface area contributed by atoms with Crippen LogP contribution in [0, 0.1) is 0 Å². The second-order valence-electron chi connectivity index (χ2n) is 5.69. The Kier molecular flexibility index (Phi) is 4.82. The highest BCUT2D eigenvalue weighted by molar-refractivity contribution is 5.15. The minimum Gasteiger partial charge on any atom is -0.293 e. The first-order valence-corrected chi connectivity index (χ1v) is 7.60. The number of likely N-dealkylation sites (tertiary alicyclic amines) is 1. The normalized spacial score (nSPS) is 24.6. The Bertz CT molecular complexity index is 346. The van der Waals surface area contributed by atoms with Gasteiger partial charge in [0.2, 0.25) is 0 Å². The lowest BCUT2D eigenvalue weighted by atomic mass is 9.87. The Balaban J connectivity index is 2.05. The molecule has 1 saturated heterocycles. The van der Waals surface area contributed by atoms with Gasteiger partial charge in [0.1, 0.15) is 0 Å². The maximum atomic E-state index is 2.75. The fraction of sp³-hybridized carbons (Fsp3) is 0.647. The fourth-order valence-corrected chi connectivity index (χ4v) is 3.41. The van der Waals surface area contributed by atoms with Crippen molar-refractivity contribution in [2.75, 3.05) is 6.54 Å². The maximum Gasteiger partial charge on any atom is 0.0239 e. The number of rotatable bonds is 6. The van der Waals surface area contributed by atoms with Crippen molar-refractivity contribution >= 4 is 0 Å². The van der Waals surface area contributed by atoms with Gasteiger partial charge in [-0.1, -0.05) is 57.0 Å². The Labute approximate surface area is 112 Å². The summed E-state index contributed by atoms with van der Waals surface area (Å²) in [7, 11) is 0. The molecule has 1 aliphatic rings. The van der Waals surface area contributed by atoms with Crippen LogP contribution in [0.3, 0.4) is 0 Å². The van der Waals surface area contributed by atoms with Gasteiger partial charge in [-0.3, -0.25) is 4.90 Å². The van der Waals surface area contributed by atoms with E-state index in [1.165, 1.54) is 50.6 Å². The number of unbranched alkanes of at least 4 members (excludes halogenated alkanes) is 1. The van der Waals surface area contributed by atoms with E-state index >= 15 is 0 Å². The highest BCUT2D eigenvalue weighted by atomic mass is 15.2. The molecular formula is C17H27N. The van der Waals surface area contributed by atoms with Crippen LogP contribution in [0.25, 0.3) is 0 Å². The van der Waals surface area contributed by atoms with Crippen LogP contribution >= 0.6 is 0 Å². The van der Waals surface area contributed by atoms with Gasteiger partial charge in [0, 0.05) is 12.1 Å². The average Bonchev–Trinajstić information content (AvgIpc) is 2.81. The second kappa shape index (κ2) is 6.38. The van der Waals surface area contributed by atoms with Crippen molar-refractivity contribution in [1.82, 2.24) is 4.90 Å². The Morgan fingerprint density at radius 3 is 2.61 bits per heavy atom. The number of benzene rings is 1. The average molecular weight is 245 g/mol. The Hall–Kier alpha value is -0.820. The summed E-state index contributed by atoms with van der Waals surface area (Å²) in [6.07, 6.45) is 8.16. The topological polar surface area (TPSA) is 3.24 Å². The van der Waals surface area contributed by atoms with Crippen LogP contribution in [0.1, 0.15) is 57.9 Å². The molecule has 1 unspecified atom stereocenters. The highest BCUT2D eigenvalue weighted by Crippen LogP contribution is 2.37. The van der Waals surface area contributed by atoms with E-state index in [0.717, 1.165) is 6.54 Å². The van der Waals surface area contributed by atoms with Crippen LogP contribution in [0.5, 0.6) is 0 Å². The predicted molar refractivity (Wildman–Crippen MR) is 78.6 cm³/mol. The summed E-state index contributed by atoms with van der Waals surface area (Å²) in [5.74, 6) is 0.